The van der Waals surface area contributed by atoms with Crippen LogP contribution in [0.3, 0.4) is 0 Å². The van der Waals surface area contributed by atoms with Crippen molar-refractivity contribution >= 4 is 28.5 Å². The zero-order valence-electron chi connectivity index (χ0n) is 13.0. The van der Waals surface area contributed by atoms with E-state index in [0.717, 1.165) is 6.07 Å². The molecule has 2 rings (SSSR count). The molecule has 1 fully saturated rings. The monoisotopic (exact) mass is 380 g/mol. The van der Waals surface area contributed by atoms with Crippen molar-refractivity contribution in [2.45, 2.75) is 45.1 Å². The first-order valence-electron chi connectivity index (χ1n) is 6.69. The molecule has 0 amide bonds. The second-order valence-corrected chi connectivity index (χ2v) is 7.01. The Morgan fingerprint density at radius 3 is 2.00 bits per heavy atom. The van der Waals surface area contributed by atoms with Crippen LogP contribution >= 0.6 is 15.9 Å². The van der Waals surface area contributed by atoms with E-state index in [1.165, 1.54) is 13.2 Å². The molecule has 0 saturated carbocycles. The third-order valence-corrected chi connectivity index (χ3v) is 4.79. The summed E-state index contributed by atoms with van der Waals surface area (Å²) in [5, 5.41) is 0. The molecule has 3 nitrogen and oxygen atoms in total. The van der Waals surface area contributed by atoms with Crippen molar-refractivity contribution in [1.29, 1.82) is 0 Å². The molecule has 1 saturated heterocycles. The standard InChI is InChI=1S/C14H17BBrF3O3/c1-12(2)13(3,4)22-15(21-12)9-6-8(14(17,18)19)10(16)7-11(9)20-5/h6-7H,1-5H3. The first kappa shape index (κ1) is 17.6. The maximum absolute atomic E-state index is 13.1. The highest BCUT2D eigenvalue weighted by Gasteiger charge is 2.53. The molecule has 0 aliphatic carbocycles. The van der Waals surface area contributed by atoms with Crippen molar-refractivity contribution in [2.75, 3.05) is 7.11 Å². The topological polar surface area (TPSA) is 27.7 Å². The Kier molecular flexibility index (Phi) is 4.34. The fourth-order valence-corrected chi connectivity index (χ4v) is 2.67. The predicted octanol–water partition coefficient (Wildman–Crippen LogP) is 3.78. The molecule has 8 heteroatoms. The maximum atomic E-state index is 13.1. The molecule has 1 aliphatic heterocycles. The van der Waals surface area contributed by atoms with Gasteiger partial charge in [0.1, 0.15) is 5.75 Å². The van der Waals surface area contributed by atoms with Gasteiger partial charge < -0.3 is 14.0 Å². The van der Waals surface area contributed by atoms with E-state index in [0.29, 0.717) is 0 Å². The molecule has 0 unspecified atom stereocenters. The summed E-state index contributed by atoms with van der Waals surface area (Å²) in [6, 6.07) is 2.29. The summed E-state index contributed by atoms with van der Waals surface area (Å²) < 4.78 is 56.0. The van der Waals surface area contributed by atoms with Gasteiger partial charge in [-0.1, -0.05) is 15.9 Å². The van der Waals surface area contributed by atoms with Crippen LogP contribution in [0.2, 0.25) is 0 Å². The Morgan fingerprint density at radius 1 is 1.09 bits per heavy atom. The minimum atomic E-state index is -4.48. The number of rotatable bonds is 2. The Labute approximate surface area is 136 Å². The van der Waals surface area contributed by atoms with Gasteiger partial charge in [0.15, 0.2) is 0 Å². The van der Waals surface area contributed by atoms with E-state index in [-0.39, 0.29) is 15.7 Å². The lowest BCUT2D eigenvalue weighted by atomic mass is 9.77. The number of hydrogen-bond acceptors (Lipinski definition) is 3. The van der Waals surface area contributed by atoms with Crippen molar-refractivity contribution in [3.8, 4) is 5.75 Å². The highest BCUT2D eigenvalue weighted by molar-refractivity contribution is 9.10. The van der Waals surface area contributed by atoms with Gasteiger partial charge in [0.25, 0.3) is 0 Å². The average molecular weight is 381 g/mol. The molecule has 0 aromatic heterocycles. The van der Waals surface area contributed by atoms with Crippen LogP contribution in [0.1, 0.15) is 33.3 Å². The lowest BCUT2D eigenvalue weighted by molar-refractivity contribution is -0.138. The quantitative estimate of drug-likeness (QED) is 0.731. The molecule has 0 atom stereocenters. The first-order valence-corrected chi connectivity index (χ1v) is 7.48. The Morgan fingerprint density at radius 2 is 1.59 bits per heavy atom. The molecule has 0 N–H and O–H groups in total. The highest BCUT2D eigenvalue weighted by Crippen LogP contribution is 2.40. The molecule has 1 heterocycles. The molecule has 1 aromatic rings. The van der Waals surface area contributed by atoms with E-state index in [2.05, 4.69) is 15.9 Å². The van der Waals surface area contributed by atoms with Gasteiger partial charge in [-0.25, -0.2) is 0 Å². The molecule has 122 valence electrons. The van der Waals surface area contributed by atoms with Crippen LogP contribution in [-0.2, 0) is 15.5 Å². The third kappa shape index (κ3) is 3.01. The van der Waals surface area contributed by atoms with Crippen LogP contribution in [0.4, 0.5) is 13.2 Å². The number of benzene rings is 1. The van der Waals surface area contributed by atoms with E-state index in [4.69, 9.17) is 14.0 Å². The molecule has 22 heavy (non-hydrogen) atoms. The van der Waals surface area contributed by atoms with E-state index >= 15 is 0 Å². The van der Waals surface area contributed by atoms with E-state index in [1.54, 1.807) is 0 Å². The summed E-state index contributed by atoms with van der Waals surface area (Å²) in [7, 11) is 0.471. The maximum Gasteiger partial charge on any atom is 0.498 e. The molecule has 1 aliphatic rings. The Hall–Kier alpha value is -0.725. The lowest BCUT2D eigenvalue weighted by Gasteiger charge is -2.32. The van der Waals surface area contributed by atoms with Gasteiger partial charge in [0, 0.05) is 9.94 Å². The largest absolute Gasteiger partial charge is 0.498 e. The van der Waals surface area contributed by atoms with Crippen molar-refractivity contribution in [3.05, 3.63) is 22.2 Å². The summed E-state index contributed by atoms with van der Waals surface area (Å²) in [4.78, 5) is 0. The second kappa shape index (κ2) is 5.42. The van der Waals surface area contributed by atoms with Gasteiger partial charge in [0.2, 0.25) is 0 Å². The summed E-state index contributed by atoms with van der Waals surface area (Å²) in [6.45, 7) is 7.35. The number of methoxy groups -OCH3 is 1. The van der Waals surface area contributed by atoms with Gasteiger partial charge >= 0.3 is 13.3 Å². The molecular formula is C14H17BBrF3O3. The number of halogens is 4. The van der Waals surface area contributed by atoms with Crippen LogP contribution in [-0.4, -0.2) is 25.4 Å². The fraction of sp³-hybridized carbons (Fsp3) is 0.571. The summed E-state index contributed by atoms with van der Waals surface area (Å²) in [6.07, 6.45) is -4.48. The van der Waals surface area contributed by atoms with Gasteiger partial charge in [-0.05, 0) is 39.8 Å². The number of ether oxygens (including phenoxy) is 1. The molecule has 0 bridgehead atoms. The molecule has 0 radical (unpaired) electrons. The smallest absolute Gasteiger partial charge is 0.497 e. The SMILES string of the molecule is COc1cc(Br)c(C(F)(F)F)cc1B1OC(C)(C)C(C)(C)O1. The van der Waals surface area contributed by atoms with Crippen LogP contribution in [0, 0.1) is 0 Å². The van der Waals surface area contributed by atoms with Gasteiger partial charge in [0.05, 0.1) is 23.9 Å². The minimum Gasteiger partial charge on any atom is -0.497 e. The van der Waals surface area contributed by atoms with Crippen molar-refractivity contribution in [2.24, 2.45) is 0 Å². The van der Waals surface area contributed by atoms with Crippen LogP contribution in [0.15, 0.2) is 16.6 Å². The normalized spacial score (nSPS) is 20.3. The van der Waals surface area contributed by atoms with E-state index in [1.807, 2.05) is 27.7 Å². The van der Waals surface area contributed by atoms with E-state index in [9.17, 15) is 13.2 Å². The molecular weight excluding hydrogens is 364 g/mol. The van der Waals surface area contributed by atoms with Crippen LogP contribution in [0.25, 0.3) is 0 Å². The Bertz CT molecular complexity index is 571. The van der Waals surface area contributed by atoms with Crippen molar-refractivity contribution in [1.82, 2.24) is 0 Å². The number of hydrogen-bond donors (Lipinski definition) is 0. The van der Waals surface area contributed by atoms with Gasteiger partial charge in [-0.2, -0.15) is 13.2 Å². The lowest BCUT2D eigenvalue weighted by Crippen LogP contribution is -2.41. The molecule has 0 spiro atoms. The van der Waals surface area contributed by atoms with E-state index < -0.39 is 30.1 Å². The number of alkyl halides is 3. The first-order chi connectivity index (χ1) is 9.89. The second-order valence-electron chi connectivity index (χ2n) is 6.16. The highest BCUT2D eigenvalue weighted by atomic mass is 79.9. The van der Waals surface area contributed by atoms with Gasteiger partial charge in [-0.15, -0.1) is 0 Å². The van der Waals surface area contributed by atoms with Crippen molar-refractivity contribution in [3.63, 3.8) is 0 Å². The third-order valence-electron chi connectivity index (χ3n) is 4.13. The minimum absolute atomic E-state index is 0.0860. The Balaban J connectivity index is 2.52. The van der Waals surface area contributed by atoms with Gasteiger partial charge in [-0.3, -0.25) is 0 Å². The van der Waals surface area contributed by atoms with Crippen LogP contribution < -0.4 is 10.2 Å². The summed E-state index contributed by atoms with van der Waals surface area (Å²) >= 11 is 2.93. The fourth-order valence-electron chi connectivity index (χ4n) is 2.12. The average Bonchev–Trinajstić information content (AvgIpc) is 2.56. The molecule has 1 aromatic carbocycles. The summed E-state index contributed by atoms with van der Waals surface area (Å²) in [5.41, 5.74) is -1.86. The predicted molar refractivity (Wildman–Crippen MR) is 81.4 cm³/mol. The zero-order chi connectivity index (χ0) is 16.9. The van der Waals surface area contributed by atoms with Crippen molar-refractivity contribution < 1.29 is 27.2 Å². The zero-order valence-corrected chi connectivity index (χ0v) is 14.6. The van der Waals surface area contributed by atoms with Crippen LogP contribution in [0.5, 0.6) is 5.75 Å². The summed E-state index contributed by atoms with van der Waals surface area (Å²) in [5.74, 6) is 0.276.